The van der Waals surface area contributed by atoms with E-state index in [-0.39, 0.29) is 23.8 Å². The van der Waals surface area contributed by atoms with Crippen LogP contribution < -0.4 is 20.1 Å². The van der Waals surface area contributed by atoms with Gasteiger partial charge < -0.3 is 20.1 Å². The minimum atomic E-state index is -4.63. The average molecular weight is 501 g/mol. The Labute approximate surface area is 209 Å². The zero-order valence-electron chi connectivity index (χ0n) is 20.4. The highest BCUT2D eigenvalue weighted by Gasteiger charge is 2.35. The van der Waals surface area contributed by atoms with E-state index in [2.05, 4.69) is 20.6 Å². The molecule has 1 fully saturated rings. The standard InChI is InChI=1S/C27H31F3N4O2/c1-18(2)17-35-24-11-7-6-10-23(24)33-25-22(27(28,29)30)16-31-26(34-25)32-19-12-14-21(15-13-19)36-20-8-4-3-5-9-20/h6-7,10-16,18,20H,3-5,8-9,17H2,1-2H3,(H2,31,32,33,34). The van der Waals surface area contributed by atoms with Crippen LogP contribution in [0.5, 0.6) is 11.5 Å². The summed E-state index contributed by atoms with van der Waals surface area (Å²) in [6.07, 6.45) is 2.10. The maximum absolute atomic E-state index is 13.7. The number of para-hydroxylation sites is 2. The van der Waals surface area contributed by atoms with Gasteiger partial charge in [0.25, 0.3) is 0 Å². The van der Waals surface area contributed by atoms with Crippen LogP contribution in [0.15, 0.2) is 54.7 Å². The Bertz CT molecular complexity index is 1130. The smallest absolute Gasteiger partial charge is 0.421 e. The van der Waals surface area contributed by atoms with Crippen LogP contribution in [-0.4, -0.2) is 22.7 Å². The summed E-state index contributed by atoms with van der Waals surface area (Å²) in [4.78, 5) is 8.04. The van der Waals surface area contributed by atoms with Crippen molar-refractivity contribution in [2.75, 3.05) is 17.2 Å². The lowest BCUT2D eigenvalue weighted by Gasteiger charge is -2.23. The molecule has 2 N–H and O–H groups in total. The molecule has 0 saturated heterocycles. The summed E-state index contributed by atoms with van der Waals surface area (Å²) in [7, 11) is 0. The van der Waals surface area contributed by atoms with Crippen LogP contribution in [0.4, 0.5) is 36.3 Å². The molecule has 0 unspecified atom stereocenters. The SMILES string of the molecule is CC(C)COc1ccccc1Nc1nc(Nc2ccc(OC3CCCCC3)cc2)ncc1C(F)(F)F. The van der Waals surface area contributed by atoms with Gasteiger partial charge in [0.2, 0.25) is 5.95 Å². The predicted molar refractivity (Wildman–Crippen MR) is 134 cm³/mol. The molecule has 4 rings (SSSR count). The lowest BCUT2D eigenvalue weighted by Crippen LogP contribution is -2.19. The Morgan fingerprint density at radius 1 is 0.972 bits per heavy atom. The molecule has 3 aromatic rings. The molecular formula is C27H31F3N4O2. The number of ether oxygens (including phenoxy) is 2. The summed E-state index contributed by atoms with van der Waals surface area (Å²) in [5.41, 5.74) is 0.0535. The summed E-state index contributed by atoms with van der Waals surface area (Å²) in [6.45, 7) is 4.42. The zero-order chi connectivity index (χ0) is 25.5. The molecule has 0 radical (unpaired) electrons. The lowest BCUT2D eigenvalue weighted by molar-refractivity contribution is -0.137. The summed E-state index contributed by atoms with van der Waals surface area (Å²) < 4.78 is 53.0. The van der Waals surface area contributed by atoms with E-state index in [9.17, 15) is 13.2 Å². The van der Waals surface area contributed by atoms with Gasteiger partial charge >= 0.3 is 6.18 Å². The fourth-order valence-electron chi connectivity index (χ4n) is 3.95. The maximum Gasteiger partial charge on any atom is 0.421 e. The highest BCUT2D eigenvalue weighted by atomic mass is 19.4. The quantitative estimate of drug-likeness (QED) is 0.313. The number of benzene rings is 2. The van der Waals surface area contributed by atoms with Crippen molar-refractivity contribution < 1.29 is 22.6 Å². The molecule has 6 nitrogen and oxygen atoms in total. The number of nitrogens with zero attached hydrogens (tertiary/aromatic N) is 2. The predicted octanol–water partition coefficient (Wildman–Crippen LogP) is 7.73. The van der Waals surface area contributed by atoms with E-state index in [1.54, 1.807) is 36.4 Å². The van der Waals surface area contributed by atoms with Gasteiger partial charge in [0.1, 0.15) is 22.9 Å². The average Bonchev–Trinajstić information content (AvgIpc) is 2.85. The van der Waals surface area contributed by atoms with Crippen LogP contribution in [0.1, 0.15) is 51.5 Å². The minimum absolute atomic E-state index is 0.0343. The number of rotatable bonds is 9. The number of alkyl halides is 3. The minimum Gasteiger partial charge on any atom is -0.491 e. The zero-order valence-corrected chi connectivity index (χ0v) is 20.4. The van der Waals surface area contributed by atoms with Gasteiger partial charge in [-0.1, -0.05) is 32.4 Å². The molecule has 0 aliphatic heterocycles. The Balaban J connectivity index is 1.52. The molecule has 2 aromatic carbocycles. The molecule has 1 aromatic heterocycles. The summed E-state index contributed by atoms with van der Waals surface area (Å²) in [6, 6.07) is 14.1. The Morgan fingerprint density at radius 3 is 2.39 bits per heavy atom. The highest BCUT2D eigenvalue weighted by Crippen LogP contribution is 2.37. The molecule has 0 spiro atoms. The monoisotopic (exact) mass is 500 g/mol. The highest BCUT2D eigenvalue weighted by molar-refractivity contribution is 5.67. The first kappa shape index (κ1) is 25.6. The summed E-state index contributed by atoms with van der Waals surface area (Å²) in [5, 5.41) is 5.77. The van der Waals surface area contributed by atoms with Crippen LogP contribution in [-0.2, 0) is 6.18 Å². The van der Waals surface area contributed by atoms with Crippen LogP contribution in [0.3, 0.4) is 0 Å². The molecule has 36 heavy (non-hydrogen) atoms. The third-order valence-corrected chi connectivity index (χ3v) is 5.77. The first-order valence-electron chi connectivity index (χ1n) is 12.2. The van der Waals surface area contributed by atoms with Crippen molar-refractivity contribution in [2.45, 2.75) is 58.2 Å². The second-order valence-electron chi connectivity index (χ2n) is 9.31. The van der Waals surface area contributed by atoms with Gasteiger partial charge in [0.05, 0.1) is 18.4 Å². The summed E-state index contributed by atoms with van der Waals surface area (Å²) in [5.74, 6) is 1.14. The van der Waals surface area contributed by atoms with Gasteiger partial charge in [-0.3, -0.25) is 0 Å². The molecule has 1 aliphatic rings. The first-order chi connectivity index (χ1) is 17.3. The van der Waals surface area contributed by atoms with Crippen molar-refractivity contribution in [3.05, 3.63) is 60.3 Å². The van der Waals surface area contributed by atoms with Gasteiger partial charge in [-0.15, -0.1) is 0 Å². The number of hydrogen-bond donors (Lipinski definition) is 2. The number of anilines is 4. The number of halogens is 3. The topological polar surface area (TPSA) is 68.3 Å². The normalized spacial score (nSPS) is 14.5. The molecule has 0 bridgehead atoms. The Kier molecular flexibility index (Phi) is 8.18. The van der Waals surface area contributed by atoms with Crippen molar-refractivity contribution in [1.82, 2.24) is 9.97 Å². The molecule has 0 atom stereocenters. The number of nitrogens with one attached hydrogen (secondary N) is 2. The second-order valence-corrected chi connectivity index (χ2v) is 9.31. The Morgan fingerprint density at radius 2 is 1.69 bits per heavy atom. The van der Waals surface area contributed by atoms with Gasteiger partial charge in [-0.2, -0.15) is 18.2 Å². The van der Waals surface area contributed by atoms with Crippen molar-refractivity contribution >= 4 is 23.1 Å². The van der Waals surface area contributed by atoms with Crippen molar-refractivity contribution in [3.8, 4) is 11.5 Å². The fraction of sp³-hybridized carbons (Fsp3) is 0.407. The number of aromatic nitrogens is 2. The van der Waals surface area contributed by atoms with Crippen LogP contribution in [0, 0.1) is 5.92 Å². The van der Waals surface area contributed by atoms with E-state index in [0.29, 0.717) is 23.7 Å². The first-order valence-corrected chi connectivity index (χ1v) is 12.2. The van der Waals surface area contributed by atoms with Crippen LogP contribution in [0.25, 0.3) is 0 Å². The van der Waals surface area contributed by atoms with E-state index in [1.165, 1.54) is 19.3 Å². The van der Waals surface area contributed by atoms with Crippen molar-refractivity contribution in [1.29, 1.82) is 0 Å². The van der Waals surface area contributed by atoms with Gasteiger partial charge in [0.15, 0.2) is 0 Å². The van der Waals surface area contributed by atoms with Gasteiger partial charge in [-0.25, -0.2) is 4.98 Å². The lowest BCUT2D eigenvalue weighted by atomic mass is 9.98. The van der Waals surface area contributed by atoms with E-state index < -0.39 is 11.7 Å². The largest absolute Gasteiger partial charge is 0.491 e. The number of hydrogen-bond acceptors (Lipinski definition) is 6. The van der Waals surface area contributed by atoms with Crippen LogP contribution >= 0.6 is 0 Å². The van der Waals surface area contributed by atoms with Gasteiger partial charge in [-0.05, 0) is 68.0 Å². The molecule has 0 amide bonds. The van der Waals surface area contributed by atoms with Crippen LogP contribution in [0.2, 0.25) is 0 Å². The Hall–Kier alpha value is -3.49. The third-order valence-electron chi connectivity index (χ3n) is 5.77. The summed E-state index contributed by atoms with van der Waals surface area (Å²) >= 11 is 0. The van der Waals surface area contributed by atoms with Gasteiger partial charge in [0, 0.05) is 11.9 Å². The third kappa shape index (κ3) is 7.02. The molecule has 1 saturated carbocycles. The fourth-order valence-corrected chi connectivity index (χ4v) is 3.95. The molecule has 1 heterocycles. The van der Waals surface area contributed by atoms with E-state index in [1.807, 2.05) is 26.0 Å². The van der Waals surface area contributed by atoms with Crippen molar-refractivity contribution in [2.24, 2.45) is 5.92 Å². The van der Waals surface area contributed by atoms with E-state index >= 15 is 0 Å². The maximum atomic E-state index is 13.7. The molecule has 1 aliphatic carbocycles. The van der Waals surface area contributed by atoms with E-state index in [0.717, 1.165) is 24.8 Å². The molecular weight excluding hydrogens is 469 g/mol. The molecule has 9 heteroatoms. The second kappa shape index (κ2) is 11.5. The van der Waals surface area contributed by atoms with E-state index in [4.69, 9.17) is 9.47 Å². The molecule has 192 valence electrons. The van der Waals surface area contributed by atoms with Crippen molar-refractivity contribution in [3.63, 3.8) is 0 Å².